The molecular formula is C20H22N4+2. The fraction of sp³-hybridized carbons (Fsp3) is 0.100. The van der Waals surface area contributed by atoms with Gasteiger partial charge in [0.05, 0.1) is 0 Å². The van der Waals surface area contributed by atoms with Crippen LogP contribution in [0.4, 0.5) is 22.7 Å². The second-order valence-electron chi connectivity index (χ2n) is 5.57. The summed E-state index contributed by atoms with van der Waals surface area (Å²) in [7, 11) is 1.95. The van der Waals surface area contributed by atoms with Crippen LogP contribution in [0.25, 0.3) is 0 Å². The number of nitrogens with one attached hydrogen (secondary N) is 4. The molecule has 4 nitrogen and oxygen atoms in total. The largest absolute Gasteiger partial charge is 0.356 e. The summed E-state index contributed by atoms with van der Waals surface area (Å²) in [4.78, 5) is 6.27. The Balaban J connectivity index is 1.67. The van der Waals surface area contributed by atoms with Crippen LogP contribution in [0, 0.1) is 0 Å². The van der Waals surface area contributed by atoms with E-state index in [1.54, 1.807) is 0 Å². The summed E-state index contributed by atoms with van der Waals surface area (Å²) >= 11 is 0. The number of hydrogen-bond donors (Lipinski definition) is 4. The van der Waals surface area contributed by atoms with Gasteiger partial charge in [-0.15, -0.1) is 0 Å². The van der Waals surface area contributed by atoms with Crippen molar-refractivity contribution in [3.63, 3.8) is 0 Å². The third kappa shape index (κ3) is 4.06. The SMILES string of the molecule is C=[NH+]c1ccc(Nc2ccc([NH+]=C3C=CC(NC)C=C3)cc2)cc1. The van der Waals surface area contributed by atoms with Gasteiger partial charge in [0.25, 0.3) is 0 Å². The molecule has 0 saturated carbocycles. The van der Waals surface area contributed by atoms with Crippen LogP contribution in [0.3, 0.4) is 0 Å². The van der Waals surface area contributed by atoms with Gasteiger partial charge < -0.3 is 10.6 Å². The van der Waals surface area contributed by atoms with E-state index < -0.39 is 0 Å². The highest BCUT2D eigenvalue weighted by atomic mass is 14.9. The van der Waals surface area contributed by atoms with Crippen LogP contribution in [0.2, 0.25) is 0 Å². The molecule has 0 unspecified atom stereocenters. The van der Waals surface area contributed by atoms with Crippen molar-refractivity contribution in [3.8, 4) is 0 Å². The number of rotatable bonds is 5. The Morgan fingerprint density at radius 3 is 1.88 bits per heavy atom. The zero-order valence-corrected chi connectivity index (χ0v) is 13.7. The predicted molar refractivity (Wildman–Crippen MR) is 101 cm³/mol. The quantitative estimate of drug-likeness (QED) is 0.614. The van der Waals surface area contributed by atoms with Gasteiger partial charge in [0.2, 0.25) is 17.1 Å². The molecule has 0 aromatic heterocycles. The Morgan fingerprint density at radius 1 is 0.833 bits per heavy atom. The van der Waals surface area contributed by atoms with Gasteiger partial charge in [-0.2, -0.15) is 0 Å². The topological polar surface area (TPSA) is 52.0 Å². The van der Waals surface area contributed by atoms with E-state index in [0.717, 1.165) is 28.5 Å². The Labute approximate surface area is 142 Å². The highest BCUT2D eigenvalue weighted by molar-refractivity contribution is 6.01. The zero-order chi connectivity index (χ0) is 16.8. The Bertz CT molecular complexity index is 767. The van der Waals surface area contributed by atoms with E-state index in [4.69, 9.17) is 0 Å². The molecule has 24 heavy (non-hydrogen) atoms. The van der Waals surface area contributed by atoms with Crippen LogP contribution in [-0.4, -0.2) is 25.5 Å². The molecule has 0 heterocycles. The van der Waals surface area contributed by atoms with E-state index in [9.17, 15) is 0 Å². The molecule has 120 valence electrons. The minimum atomic E-state index is 0.312. The lowest BCUT2D eigenvalue weighted by Crippen LogP contribution is -2.65. The monoisotopic (exact) mass is 318 g/mol. The standard InChI is InChI=1S/C20H20N4/c1-21-15-3-7-17(8-4-15)23-19-11-13-20(14-12-19)24-18-9-5-16(22-2)6-10-18/h3-14,16,22-23H,1H2,2H3/p+2. The zero-order valence-electron chi connectivity index (χ0n) is 13.7. The summed E-state index contributed by atoms with van der Waals surface area (Å²) in [6, 6.07) is 16.6. The van der Waals surface area contributed by atoms with E-state index in [-0.39, 0.29) is 0 Å². The van der Waals surface area contributed by atoms with E-state index in [1.165, 1.54) is 0 Å². The molecule has 4 heteroatoms. The van der Waals surface area contributed by atoms with Crippen LogP contribution in [0.15, 0.2) is 72.8 Å². The maximum absolute atomic E-state index is 3.64. The van der Waals surface area contributed by atoms with Crippen LogP contribution >= 0.6 is 0 Å². The minimum absolute atomic E-state index is 0.312. The molecule has 0 atom stereocenters. The molecule has 2 aromatic rings. The van der Waals surface area contributed by atoms with Crippen molar-refractivity contribution < 1.29 is 9.98 Å². The lowest BCUT2D eigenvalue weighted by molar-refractivity contribution is -0.351. The molecule has 3 rings (SSSR count). The summed E-state index contributed by atoms with van der Waals surface area (Å²) in [5, 5.41) is 6.58. The minimum Gasteiger partial charge on any atom is -0.356 e. The Morgan fingerprint density at radius 2 is 1.38 bits per heavy atom. The highest BCUT2D eigenvalue weighted by Crippen LogP contribution is 2.18. The number of likely N-dealkylation sites (N-methyl/N-ethyl adjacent to an activating group) is 1. The molecule has 0 radical (unpaired) electrons. The van der Waals surface area contributed by atoms with E-state index in [1.807, 2.05) is 31.3 Å². The lowest BCUT2D eigenvalue weighted by atomic mass is 10.1. The van der Waals surface area contributed by atoms with Gasteiger partial charge in [-0.25, -0.2) is 9.98 Å². The summed E-state index contributed by atoms with van der Waals surface area (Å²) in [5.41, 5.74) is 5.22. The average molecular weight is 318 g/mol. The first-order chi connectivity index (χ1) is 11.8. The van der Waals surface area contributed by atoms with Crippen molar-refractivity contribution in [1.82, 2.24) is 5.32 Å². The van der Waals surface area contributed by atoms with Gasteiger partial charge in [0, 0.05) is 53.8 Å². The molecule has 4 N–H and O–H groups in total. The predicted octanol–water partition coefficient (Wildman–Crippen LogP) is 0.710. The first-order valence-corrected chi connectivity index (χ1v) is 7.95. The number of allylic oxidation sites excluding steroid dienone is 2. The molecule has 0 saturated heterocycles. The molecule has 0 spiro atoms. The van der Waals surface area contributed by atoms with Crippen molar-refractivity contribution >= 4 is 35.2 Å². The van der Waals surface area contributed by atoms with Crippen molar-refractivity contribution in [1.29, 1.82) is 0 Å². The Hall–Kier alpha value is -2.98. The highest BCUT2D eigenvalue weighted by Gasteiger charge is 2.07. The molecule has 0 amide bonds. The maximum Gasteiger partial charge on any atom is 0.204 e. The molecule has 0 fully saturated rings. The number of hydrogen-bond acceptors (Lipinski definition) is 2. The van der Waals surface area contributed by atoms with Gasteiger partial charge >= 0.3 is 0 Å². The summed E-state index contributed by atoms with van der Waals surface area (Å²) < 4.78 is 0. The van der Waals surface area contributed by atoms with Crippen molar-refractivity contribution in [2.45, 2.75) is 6.04 Å². The second kappa shape index (κ2) is 7.53. The van der Waals surface area contributed by atoms with Crippen LogP contribution in [-0.2, 0) is 0 Å². The summed E-state index contributed by atoms with van der Waals surface area (Å²) in [6.45, 7) is 3.64. The van der Waals surface area contributed by atoms with Gasteiger partial charge in [-0.05, 0) is 31.3 Å². The van der Waals surface area contributed by atoms with Crippen LogP contribution in [0.5, 0.6) is 0 Å². The van der Waals surface area contributed by atoms with E-state index in [0.29, 0.717) is 6.04 Å². The maximum atomic E-state index is 3.64. The fourth-order valence-electron chi connectivity index (χ4n) is 2.45. The van der Waals surface area contributed by atoms with Crippen LogP contribution in [0.1, 0.15) is 0 Å². The number of anilines is 2. The molecular weight excluding hydrogens is 296 g/mol. The number of benzene rings is 2. The van der Waals surface area contributed by atoms with Crippen molar-refractivity contribution in [2.24, 2.45) is 0 Å². The van der Waals surface area contributed by atoms with Crippen molar-refractivity contribution in [2.75, 3.05) is 12.4 Å². The average Bonchev–Trinajstić information content (AvgIpc) is 2.65. The molecule has 2 aromatic carbocycles. The van der Waals surface area contributed by atoms with Gasteiger partial charge in [0.1, 0.15) is 6.72 Å². The van der Waals surface area contributed by atoms with E-state index in [2.05, 4.69) is 75.9 Å². The molecule has 1 aliphatic rings. The third-order valence-corrected chi connectivity index (χ3v) is 3.85. The van der Waals surface area contributed by atoms with Gasteiger partial charge in [-0.3, -0.25) is 0 Å². The third-order valence-electron chi connectivity index (χ3n) is 3.85. The molecule has 0 bridgehead atoms. The van der Waals surface area contributed by atoms with Gasteiger partial charge in [0.15, 0.2) is 0 Å². The molecule has 1 aliphatic carbocycles. The van der Waals surface area contributed by atoms with Gasteiger partial charge in [-0.1, -0.05) is 12.2 Å². The smallest absolute Gasteiger partial charge is 0.204 e. The Kier molecular flexibility index (Phi) is 4.99. The second-order valence-corrected chi connectivity index (χ2v) is 5.57. The fourth-order valence-corrected chi connectivity index (χ4v) is 2.45. The molecule has 0 aliphatic heterocycles. The lowest BCUT2D eigenvalue weighted by Gasteiger charge is -2.07. The normalized spacial score (nSPS) is 16.0. The summed E-state index contributed by atoms with van der Waals surface area (Å²) in [5.74, 6) is 0. The first kappa shape index (κ1) is 15.9. The summed E-state index contributed by atoms with van der Waals surface area (Å²) in [6.07, 6.45) is 8.43. The van der Waals surface area contributed by atoms with E-state index >= 15 is 0 Å². The first-order valence-electron chi connectivity index (χ1n) is 7.95. The van der Waals surface area contributed by atoms with Crippen LogP contribution < -0.4 is 20.6 Å². The van der Waals surface area contributed by atoms with Crippen molar-refractivity contribution in [3.05, 3.63) is 72.8 Å².